The lowest BCUT2D eigenvalue weighted by Crippen LogP contribution is -2.38. The predicted octanol–water partition coefficient (Wildman–Crippen LogP) is 1.08. The van der Waals surface area contributed by atoms with Crippen molar-refractivity contribution in [3.8, 4) is 5.75 Å². The molecule has 1 aliphatic heterocycles. The van der Waals surface area contributed by atoms with Crippen LogP contribution < -0.4 is 10.9 Å². The molecule has 0 unspecified atom stereocenters. The minimum atomic E-state index is -1.27. The summed E-state index contributed by atoms with van der Waals surface area (Å²) in [7, 11) is 0. The molecule has 1 aliphatic rings. The van der Waals surface area contributed by atoms with Gasteiger partial charge in [-0.25, -0.2) is 0 Å². The Hall–Kier alpha value is -3.46. The van der Waals surface area contributed by atoms with Crippen LogP contribution in [0.5, 0.6) is 5.75 Å². The van der Waals surface area contributed by atoms with Gasteiger partial charge in [-0.15, -0.1) is 0 Å². The van der Waals surface area contributed by atoms with Gasteiger partial charge >= 0.3 is 5.97 Å². The van der Waals surface area contributed by atoms with Gasteiger partial charge in [0, 0.05) is 29.7 Å². The molecular formula is C21H22N2O7. The van der Waals surface area contributed by atoms with E-state index in [4.69, 9.17) is 9.84 Å². The standard InChI is InChI=1S/C21H22N2O7/c1-2-16(24)13-5-3-12(4-6-13)10-23-15-7-8-30-11-14(15)19(27)18(21(23)29)20(28)22-9-17(25)26/h3-6,27H,2,7-11H2,1H3,(H,22,28)(H,25,26). The molecule has 2 heterocycles. The van der Waals surface area contributed by atoms with E-state index in [-0.39, 0.29) is 18.9 Å². The molecule has 0 atom stereocenters. The van der Waals surface area contributed by atoms with Crippen LogP contribution in [0.25, 0.3) is 0 Å². The number of nitrogens with zero attached hydrogens (tertiary/aromatic N) is 1. The molecule has 0 saturated carbocycles. The molecule has 158 valence electrons. The number of carboxylic acids is 1. The van der Waals surface area contributed by atoms with Crippen molar-refractivity contribution >= 4 is 17.7 Å². The smallest absolute Gasteiger partial charge is 0.322 e. The quantitative estimate of drug-likeness (QED) is 0.577. The molecule has 0 bridgehead atoms. The van der Waals surface area contributed by atoms with Gasteiger partial charge in [0.05, 0.1) is 19.8 Å². The second-order valence-electron chi connectivity index (χ2n) is 6.89. The number of benzene rings is 1. The molecule has 1 aromatic heterocycles. The Morgan fingerprint density at radius 2 is 1.90 bits per heavy atom. The van der Waals surface area contributed by atoms with Crippen LogP contribution in [0.3, 0.4) is 0 Å². The summed E-state index contributed by atoms with van der Waals surface area (Å²) in [5.74, 6) is -2.72. The van der Waals surface area contributed by atoms with Crippen molar-refractivity contribution in [2.45, 2.75) is 32.9 Å². The highest BCUT2D eigenvalue weighted by molar-refractivity contribution is 5.98. The topological polar surface area (TPSA) is 135 Å². The number of ketones is 1. The summed E-state index contributed by atoms with van der Waals surface area (Å²) in [6, 6.07) is 6.83. The van der Waals surface area contributed by atoms with Gasteiger partial charge in [0.1, 0.15) is 17.9 Å². The maximum atomic E-state index is 13.1. The van der Waals surface area contributed by atoms with Gasteiger partial charge in [0.15, 0.2) is 5.78 Å². The van der Waals surface area contributed by atoms with E-state index < -0.39 is 35.3 Å². The summed E-state index contributed by atoms with van der Waals surface area (Å²) in [6.07, 6.45) is 0.765. The van der Waals surface area contributed by atoms with Gasteiger partial charge in [-0.2, -0.15) is 0 Å². The van der Waals surface area contributed by atoms with E-state index in [1.165, 1.54) is 4.57 Å². The first-order valence-electron chi connectivity index (χ1n) is 9.50. The zero-order valence-electron chi connectivity index (χ0n) is 16.4. The maximum Gasteiger partial charge on any atom is 0.322 e. The fourth-order valence-electron chi connectivity index (χ4n) is 3.39. The minimum Gasteiger partial charge on any atom is -0.506 e. The first-order valence-corrected chi connectivity index (χ1v) is 9.50. The summed E-state index contributed by atoms with van der Waals surface area (Å²) < 4.78 is 6.76. The van der Waals surface area contributed by atoms with Crippen LogP contribution in [-0.4, -0.2) is 45.6 Å². The summed E-state index contributed by atoms with van der Waals surface area (Å²) >= 11 is 0. The average Bonchev–Trinajstić information content (AvgIpc) is 2.75. The largest absolute Gasteiger partial charge is 0.506 e. The van der Waals surface area contributed by atoms with Gasteiger partial charge in [0.25, 0.3) is 11.5 Å². The molecule has 1 aromatic carbocycles. The number of carbonyl (C=O) groups excluding carboxylic acids is 2. The molecule has 9 nitrogen and oxygen atoms in total. The molecule has 0 saturated heterocycles. The van der Waals surface area contributed by atoms with E-state index in [0.717, 1.165) is 5.56 Å². The number of aromatic hydroxyl groups is 1. The third-order valence-corrected chi connectivity index (χ3v) is 4.95. The van der Waals surface area contributed by atoms with Gasteiger partial charge in [-0.3, -0.25) is 19.2 Å². The van der Waals surface area contributed by atoms with Crippen molar-refractivity contribution in [3.63, 3.8) is 0 Å². The lowest BCUT2D eigenvalue weighted by molar-refractivity contribution is -0.135. The number of pyridine rings is 1. The molecule has 3 rings (SSSR count). The number of amides is 1. The van der Waals surface area contributed by atoms with Gasteiger partial charge in [-0.05, 0) is 5.56 Å². The maximum absolute atomic E-state index is 13.1. The Kier molecular flexibility index (Phi) is 6.31. The van der Waals surface area contributed by atoms with Crippen LogP contribution in [0, 0.1) is 0 Å². The number of ether oxygens (including phenoxy) is 1. The Balaban J connectivity index is 2.03. The first kappa shape index (κ1) is 21.3. The number of nitrogens with one attached hydrogen (secondary N) is 1. The lowest BCUT2D eigenvalue weighted by atomic mass is 10.0. The number of hydrogen-bond donors (Lipinski definition) is 3. The zero-order valence-corrected chi connectivity index (χ0v) is 16.4. The van der Waals surface area contributed by atoms with Gasteiger partial charge in [-0.1, -0.05) is 31.2 Å². The highest BCUT2D eigenvalue weighted by Crippen LogP contribution is 2.28. The SMILES string of the molecule is CCC(=O)c1ccc(Cn2c3c(c(O)c(C(=O)NCC(=O)O)c2=O)COCC3)cc1. The van der Waals surface area contributed by atoms with Gasteiger partial charge in [0.2, 0.25) is 0 Å². The van der Waals surface area contributed by atoms with Crippen molar-refractivity contribution in [2.24, 2.45) is 0 Å². The van der Waals surface area contributed by atoms with E-state index in [1.54, 1.807) is 31.2 Å². The highest BCUT2D eigenvalue weighted by atomic mass is 16.5. The molecule has 30 heavy (non-hydrogen) atoms. The Morgan fingerprint density at radius 3 is 2.53 bits per heavy atom. The van der Waals surface area contributed by atoms with Crippen LogP contribution in [-0.2, 0) is 29.1 Å². The molecule has 2 aromatic rings. The Labute approximate surface area is 171 Å². The summed E-state index contributed by atoms with van der Waals surface area (Å²) in [4.78, 5) is 48.0. The molecule has 0 aliphatic carbocycles. The number of aromatic nitrogens is 1. The number of carbonyl (C=O) groups is 3. The monoisotopic (exact) mass is 414 g/mol. The van der Waals surface area contributed by atoms with Crippen molar-refractivity contribution in [2.75, 3.05) is 13.2 Å². The number of hydrogen-bond acceptors (Lipinski definition) is 6. The molecule has 1 amide bonds. The van der Waals surface area contributed by atoms with Crippen LogP contribution in [0.15, 0.2) is 29.1 Å². The number of carboxylic acid groups (broad SMARTS) is 1. The third-order valence-electron chi connectivity index (χ3n) is 4.95. The van der Waals surface area contributed by atoms with Crippen LogP contribution in [0.2, 0.25) is 0 Å². The van der Waals surface area contributed by atoms with E-state index in [2.05, 4.69) is 5.32 Å². The normalized spacial score (nSPS) is 12.8. The van der Waals surface area contributed by atoms with Crippen molar-refractivity contribution in [3.05, 3.63) is 62.6 Å². The number of Topliss-reactive ketones (excluding diaryl/α,β-unsaturated/α-hetero) is 1. The molecule has 9 heteroatoms. The van der Waals surface area contributed by atoms with E-state index >= 15 is 0 Å². The molecular weight excluding hydrogens is 392 g/mol. The summed E-state index contributed by atoms with van der Waals surface area (Å²) in [6.45, 7) is 1.61. The van der Waals surface area contributed by atoms with Crippen molar-refractivity contribution in [1.29, 1.82) is 0 Å². The van der Waals surface area contributed by atoms with Crippen molar-refractivity contribution < 1.29 is 29.3 Å². The van der Waals surface area contributed by atoms with E-state index in [1.807, 2.05) is 0 Å². The van der Waals surface area contributed by atoms with E-state index in [9.17, 15) is 24.3 Å². The predicted molar refractivity (Wildman–Crippen MR) is 106 cm³/mol. The Bertz CT molecular complexity index is 1050. The second-order valence-corrected chi connectivity index (χ2v) is 6.89. The molecule has 0 fully saturated rings. The Morgan fingerprint density at radius 1 is 1.20 bits per heavy atom. The van der Waals surface area contributed by atoms with Crippen LogP contribution in [0.4, 0.5) is 0 Å². The fourth-order valence-corrected chi connectivity index (χ4v) is 3.39. The van der Waals surface area contributed by atoms with Crippen LogP contribution >= 0.6 is 0 Å². The average molecular weight is 414 g/mol. The lowest BCUT2D eigenvalue weighted by Gasteiger charge is -2.24. The molecule has 0 spiro atoms. The summed E-state index contributed by atoms with van der Waals surface area (Å²) in [5.41, 5.74) is 0.971. The van der Waals surface area contributed by atoms with Gasteiger partial charge < -0.3 is 24.8 Å². The zero-order chi connectivity index (χ0) is 21.8. The number of rotatable bonds is 7. The molecule has 0 radical (unpaired) electrons. The first-order chi connectivity index (χ1) is 14.3. The third kappa shape index (κ3) is 4.25. The second kappa shape index (κ2) is 8.91. The van der Waals surface area contributed by atoms with Crippen molar-refractivity contribution in [1.82, 2.24) is 9.88 Å². The highest BCUT2D eigenvalue weighted by Gasteiger charge is 2.27. The minimum absolute atomic E-state index is 0.00951. The fraction of sp³-hybridized carbons (Fsp3) is 0.333. The summed E-state index contributed by atoms with van der Waals surface area (Å²) in [5, 5.41) is 21.4. The van der Waals surface area contributed by atoms with Crippen LogP contribution in [0.1, 0.15) is 50.9 Å². The van der Waals surface area contributed by atoms with E-state index in [0.29, 0.717) is 36.3 Å². The number of aliphatic carboxylic acids is 1. The molecule has 3 N–H and O–H groups in total. The number of fused-ring (bicyclic) bond motifs is 1.